The van der Waals surface area contributed by atoms with Crippen LogP contribution in [0.3, 0.4) is 0 Å². The van der Waals surface area contributed by atoms with Crippen molar-refractivity contribution in [3.05, 3.63) is 23.3 Å². The van der Waals surface area contributed by atoms with Crippen LogP contribution < -0.4 is 4.74 Å². The topological polar surface area (TPSA) is 113 Å². The van der Waals surface area contributed by atoms with Crippen molar-refractivity contribution < 1.29 is 34.4 Å². The number of phenols is 1. The molecule has 0 aliphatic rings. The summed E-state index contributed by atoms with van der Waals surface area (Å²) in [5.74, 6) is -1.47. The molecule has 1 aromatic rings. The average molecular weight is 270 g/mol. The Morgan fingerprint density at radius 3 is 2.42 bits per heavy atom. The van der Waals surface area contributed by atoms with Crippen molar-refractivity contribution in [1.82, 2.24) is 0 Å². The van der Waals surface area contributed by atoms with E-state index in [1.54, 1.807) is 0 Å². The molecule has 104 valence electrons. The zero-order valence-corrected chi connectivity index (χ0v) is 10.4. The van der Waals surface area contributed by atoms with Crippen molar-refractivity contribution in [2.45, 2.75) is 12.2 Å². The van der Waals surface area contributed by atoms with Crippen LogP contribution in [0.25, 0.3) is 0 Å². The summed E-state index contributed by atoms with van der Waals surface area (Å²) in [5.41, 5.74) is -0.0971. The maximum absolute atomic E-state index is 11.1. The van der Waals surface area contributed by atoms with Gasteiger partial charge in [-0.3, -0.25) is 4.79 Å². The van der Waals surface area contributed by atoms with Crippen molar-refractivity contribution >= 4 is 12.3 Å². The summed E-state index contributed by atoms with van der Waals surface area (Å²) in [6, 6.07) is 2.35. The van der Waals surface area contributed by atoms with Crippen molar-refractivity contribution in [2.24, 2.45) is 0 Å². The van der Waals surface area contributed by atoms with E-state index in [2.05, 4.69) is 4.74 Å². The minimum absolute atomic E-state index is 0.0367. The number of carbonyl (C=O) groups excluding carboxylic acids is 2. The van der Waals surface area contributed by atoms with Crippen LogP contribution in [-0.2, 0) is 9.53 Å². The predicted molar refractivity (Wildman–Crippen MR) is 63.0 cm³/mol. The first kappa shape index (κ1) is 14.9. The lowest BCUT2D eigenvalue weighted by atomic mass is 10.0. The summed E-state index contributed by atoms with van der Waals surface area (Å²) in [6.45, 7) is 0. The van der Waals surface area contributed by atoms with Gasteiger partial charge in [0.1, 0.15) is 6.10 Å². The highest BCUT2D eigenvalue weighted by molar-refractivity contribution is 5.82. The van der Waals surface area contributed by atoms with Crippen molar-refractivity contribution in [1.29, 1.82) is 0 Å². The summed E-state index contributed by atoms with van der Waals surface area (Å²) >= 11 is 0. The predicted octanol–water partition coefficient (Wildman–Crippen LogP) is -0.219. The third kappa shape index (κ3) is 3.01. The second kappa shape index (κ2) is 6.17. The smallest absolute Gasteiger partial charge is 0.337 e. The van der Waals surface area contributed by atoms with E-state index < -0.39 is 18.2 Å². The van der Waals surface area contributed by atoms with E-state index in [0.717, 1.165) is 13.2 Å². The Balaban J connectivity index is 3.20. The molecule has 0 heterocycles. The first-order chi connectivity index (χ1) is 8.96. The van der Waals surface area contributed by atoms with Gasteiger partial charge in [-0.2, -0.15) is 0 Å². The Bertz CT molecular complexity index is 483. The largest absolute Gasteiger partial charge is 0.504 e. The second-order valence-corrected chi connectivity index (χ2v) is 3.69. The highest BCUT2D eigenvalue weighted by Gasteiger charge is 2.28. The zero-order chi connectivity index (χ0) is 14.6. The van der Waals surface area contributed by atoms with E-state index in [1.807, 2.05) is 0 Å². The summed E-state index contributed by atoms with van der Waals surface area (Å²) in [6.07, 6.45) is -3.06. The minimum atomic E-state index is -1.81. The monoisotopic (exact) mass is 270 g/mol. The molecule has 0 fully saturated rings. The lowest BCUT2D eigenvalue weighted by molar-refractivity contribution is -0.156. The fourth-order valence-electron chi connectivity index (χ4n) is 1.50. The van der Waals surface area contributed by atoms with Gasteiger partial charge < -0.3 is 24.8 Å². The van der Waals surface area contributed by atoms with Gasteiger partial charge in [0.05, 0.1) is 19.8 Å². The number of aromatic hydroxyl groups is 1. The molecular weight excluding hydrogens is 256 g/mol. The molecule has 1 rings (SSSR count). The Morgan fingerprint density at radius 1 is 1.32 bits per heavy atom. The molecule has 0 bridgehead atoms. The minimum Gasteiger partial charge on any atom is -0.504 e. The number of aliphatic hydroxyl groups excluding tert-OH is 2. The van der Waals surface area contributed by atoms with Crippen molar-refractivity contribution in [3.8, 4) is 11.5 Å². The molecule has 2 atom stereocenters. The van der Waals surface area contributed by atoms with Crippen molar-refractivity contribution in [3.63, 3.8) is 0 Å². The van der Waals surface area contributed by atoms with Gasteiger partial charge in [-0.25, -0.2) is 4.79 Å². The molecule has 0 aliphatic carbocycles. The van der Waals surface area contributed by atoms with E-state index in [9.17, 15) is 24.9 Å². The fourth-order valence-corrected chi connectivity index (χ4v) is 1.50. The Hall–Kier alpha value is -2.12. The number of aliphatic hydroxyl groups is 2. The average Bonchev–Trinajstić information content (AvgIpc) is 2.44. The van der Waals surface area contributed by atoms with E-state index in [1.165, 1.54) is 13.2 Å². The second-order valence-electron chi connectivity index (χ2n) is 3.69. The van der Waals surface area contributed by atoms with Gasteiger partial charge in [0, 0.05) is 0 Å². The molecule has 0 aromatic heterocycles. The fraction of sp³-hybridized carbons (Fsp3) is 0.333. The molecular formula is C12H14O7. The first-order valence-electron chi connectivity index (χ1n) is 5.26. The molecule has 7 nitrogen and oxygen atoms in total. The van der Waals surface area contributed by atoms with Crippen LogP contribution in [0, 0.1) is 0 Å². The highest BCUT2D eigenvalue weighted by atomic mass is 16.5. The molecule has 7 heteroatoms. The maximum Gasteiger partial charge on any atom is 0.337 e. The quantitative estimate of drug-likeness (QED) is 0.500. The number of hydrogen-bond acceptors (Lipinski definition) is 7. The van der Waals surface area contributed by atoms with Gasteiger partial charge in [-0.05, 0) is 17.7 Å². The van der Waals surface area contributed by atoms with E-state index in [0.29, 0.717) is 6.29 Å². The third-order valence-electron chi connectivity index (χ3n) is 2.56. The molecule has 0 spiro atoms. The van der Waals surface area contributed by atoms with Crippen LogP contribution in [0.15, 0.2) is 12.1 Å². The number of rotatable bonds is 5. The molecule has 0 saturated carbocycles. The number of benzene rings is 1. The maximum atomic E-state index is 11.1. The zero-order valence-electron chi connectivity index (χ0n) is 10.4. The summed E-state index contributed by atoms with van der Waals surface area (Å²) in [7, 11) is 2.32. The number of carbonyl (C=O) groups is 2. The highest BCUT2D eigenvalue weighted by Crippen LogP contribution is 2.33. The normalized spacial score (nSPS) is 13.5. The lowest BCUT2D eigenvalue weighted by Gasteiger charge is -2.17. The summed E-state index contributed by atoms with van der Waals surface area (Å²) < 4.78 is 9.12. The van der Waals surface area contributed by atoms with Gasteiger partial charge in [-0.1, -0.05) is 0 Å². The Morgan fingerprint density at radius 2 is 1.95 bits per heavy atom. The molecule has 1 aromatic carbocycles. The van der Waals surface area contributed by atoms with Crippen LogP contribution >= 0.6 is 0 Å². The van der Waals surface area contributed by atoms with Crippen LogP contribution in [0.2, 0.25) is 0 Å². The molecule has 3 N–H and O–H groups in total. The van der Waals surface area contributed by atoms with Gasteiger partial charge in [0.15, 0.2) is 23.9 Å². The lowest BCUT2D eigenvalue weighted by Crippen LogP contribution is -2.29. The van der Waals surface area contributed by atoms with Crippen LogP contribution in [0.4, 0.5) is 0 Å². The Kier molecular flexibility index (Phi) is 4.85. The van der Waals surface area contributed by atoms with Crippen molar-refractivity contribution in [2.75, 3.05) is 14.2 Å². The SMILES string of the molecule is COC(=O)C(O)C(O)c1cc(C=O)c(O)c(OC)c1. The van der Waals surface area contributed by atoms with Gasteiger partial charge in [-0.15, -0.1) is 0 Å². The number of methoxy groups -OCH3 is 2. The summed E-state index contributed by atoms with van der Waals surface area (Å²) in [4.78, 5) is 21.9. The molecule has 0 saturated heterocycles. The number of esters is 1. The molecule has 0 aliphatic heterocycles. The van der Waals surface area contributed by atoms with Crippen LogP contribution in [0.1, 0.15) is 22.0 Å². The molecule has 19 heavy (non-hydrogen) atoms. The summed E-state index contributed by atoms with van der Waals surface area (Å²) in [5, 5.41) is 28.9. The third-order valence-corrected chi connectivity index (χ3v) is 2.56. The molecule has 2 unspecified atom stereocenters. The number of hydrogen-bond donors (Lipinski definition) is 3. The van der Waals surface area contributed by atoms with Crippen LogP contribution in [0.5, 0.6) is 11.5 Å². The van der Waals surface area contributed by atoms with Crippen LogP contribution in [-0.4, -0.2) is 47.9 Å². The van der Waals surface area contributed by atoms with Gasteiger partial charge in [0.25, 0.3) is 0 Å². The molecule has 0 radical (unpaired) electrons. The van der Waals surface area contributed by atoms with Gasteiger partial charge >= 0.3 is 5.97 Å². The number of aldehydes is 1. The standard InChI is InChI=1S/C12H14O7/c1-18-8-4-6(3-7(5-13)9(8)14)10(15)11(16)12(17)19-2/h3-5,10-11,14-16H,1-2H3. The Labute approximate surface area is 109 Å². The first-order valence-corrected chi connectivity index (χ1v) is 5.26. The number of ether oxygens (including phenoxy) is 2. The van der Waals surface area contributed by atoms with E-state index in [-0.39, 0.29) is 22.6 Å². The molecule has 0 amide bonds. The number of phenolic OH excluding ortho intramolecular Hbond substituents is 1. The van der Waals surface area contributed by atoms with E-state index >= 15 is 0 Å². The van der Waals surface area contributed by atoms with Gasteiger partial charge in [0.2, 0.25) is 0 Å². The van der Waals surface area contributed by atoms with E-state index in [4.69, 9.17) is 4.74 Å².